The van der Waals surface area contributed by atoms with E-state index in [1.165, 1.54) is 17.8 Å². The highest BCUT2D eigenvalue weighted by Gasteiger charge is 2.16. The first-order valence-corrected chi connectivity index (χ1v) is 9.60. The van der Waals surface area contributed by atoms with Gasteiger partial charge in [0.15, 0.2) is 11.5 Å². The molecule has 0 radical (unpaired) electrons. The van der Waals surface area contributed by atoms with Crippen molar-refractivity contribution in [2.45, 2.75) is 12.8 Å². The Bertz CT molecular complexity index is 759. The van der Waals surface area contributed by atoms with Crippen molar-refractivity contribution in [3.63, 3.8) is 0 Å². The molecule has 1 saturated heterocycles. The molecule has 0 saturated carbocycles. The van der Waals surface area contributed by atoms with Crippen LogP contribution in [0.4, 0.5) is 0 Å². The van der Waals surface area contributed by atoms with Crippen molar-refractivity contribution in [1.29, 1.82) is 0 Å². The Morgan fingerprint density at radius 2 is 2.04 bits per heavy atom. The van der Waals surface area contributed by atoms with E-state index in [-0.39, 0.29) is 18.3 Å². The zero-order chi connectivity index (χ0) is 17.1. The van der Waals surface area contributed by atoms with Crippen molar-refractivity contribution in [2.24, 2.45) is 5.92 Å². The van der Waals surface area contributed by atoms with Crippen LogP contribution < -0.4 is 20.1 Å². The maximum atomic E-state index is 12.3. The number of rotatable bonds is 5. The Hall–Kier alpha value is -1.76. The van der Waals surface area contributed by atoms with E-state index in [0.717, 1.165) is 52.9 Å². The average Bonchev–Trinajstić information content (AvgIpc) is 3.33. The van der Waals surface area contributed by atoms with E-state index in [4.69, 9.17) is 9.47 Å². The van der Waals surface area contributed by atoms with Gasteiger partial charge in [0.2, 0.25) is 0 Å². The SMILES string of the molecule is Cl.O=C(NCCC1CCNC1)c1ccc(-c2ccc3c(c2)OCCO3)s1. The Morgan fingerprint density at radius 3 is 2.85 bits per heavy atom. The van der Waals surface area contributed by atoms with Gasteiger partial charge in [-0.05, 0) is 67.7 Å². The van der Waals surface area contributed by atoms with E-state index in [2.05, 4.69) is 10.6 Å². The fourth-order valence-corrected chi connectivity index (χ4v) is 4.17. The summed E-state index contributed by atoms with van der Waals surface area (Å²) in [7, 11) is 0. The molecule has 0 aliphatic carbocycles. The van der Waals surface area contributed by atoms with Gasteiger partial charge in [-0.2, -0.15) is 0 Å². The molecule has 26 heavy (non-hydrogen) atoms. The number of hydrogen-bond acceptors (Lipinski definition) is 5. The first kappa shape index (κ1) is 19.0. The lowest BCUT2D eigenvalue weighted by atomic mass is 10.1. The first-order valence-electron chi connectivity index (χ1n) is 8.78. The highest BCUT2D eigenvalue weighted by atomic mass is 35.5. The molecular formula is C19H23ClN2O3S. The van der Waals surface area contributed by atoms with Crippen molar-refractivity contribution in [2.75, 3.05) is 32.8 Å². The summed E-state index contributed by atoms with van der Waals surface area (Å²) in [5, 5.41) is 6.40. The summed E-state index contributed by atoms with van der Waals surface area (Å²) in [5.41, 5.74) is 1.05. The van der Waals surface area contributed by atoms with Crippen molar-refractivity contribution in [3.8, 4) is 21.9 Å². The number of nitrogens with one attached hydrogen (secondary N) is 2. The predicted molar refractivity (Wildman–Crippen MR) is 106 cm³/mol. The van der Waals surface area contributed by atoms with Crippen LogP contribution in [-0.4, -0.2) is 38.8 Å². The van der Waals surface area contributed by atoms with Gasteiger partial charge in [0.25, 0.3) is 5.91 Å². The molecule has 4 rings (SSSR count). The number of thiophene rings is 1. The van der Waals surface area contributed by atoms with Crippen LogP contribution in [0.2, 0.25) is 0 Å². The van der Waals surface area contributed by atoms with E-state index >= 15 is 0 Å². The monoisotopic (exact) mass is 394 g/mol. The molecule has 1 aromatic carbocycles. The van der Waals surface area contributed by atoms with Crippen LogP contribution in [0.25, 0.3) is 10.4 Å². The molecule has 140 valence electrons. The zero-order valence-corrected chi connectivity index (χ0v) is 16.1. The Balaban J connectivity index is 0.00000196. The third-order valence-electron chi connectivity index (χ3n) is 4.66. The van der Waals surface area contributed by atoms with Gasteiger partial charge < -0.3 is 20.1 Å². The summed E-state index contributed by atoms with van der Waals surface area (Å²) in [6.07, 6.45) is 2.25. The quantitative estimate of drug-likeness (QED) is 0.816. The van der Waals surface area contributed by atoms with Crippen LogP contribution >= 0.6 is 23.7 Å². The fourth-order valence-electron chi connectivity index (χ4n) is 3.25. The number of hydrogen-bond donors (Lipinski definition) is 2. The predicted octanol–water partition coefficient (Wildman–Crippen LogP) is 3.34. The van der Waals surface area contributed by atoms with Crippen molar-refractivity contribution < 1.29 is 14.3 Å². The van der Waals surface area contributed by atoms with Gasteiger partial charge >= 0.3 is 0 Å². The Labute approximate surface area is 163 Å². The third kappa shape index (κ3) is 4.31. The lowest BCUT2D eigenvalue weighted by Crippen LogP contribution is -2.25. The summed E-state index contributed by atoms with van der Waals surface area (Å²) in [6.45, 7) is 4.08. The molecule has 1 fully saturated rings. The molecular weight excluding hydrogens is 372 g/mol. The number of carbonyl (C=O) groups is 1. The molecule has 1 aromatic heterocycles. The van der Waals surface area contributed by atoms with Crippen LogP contribution in [-0.2, 0) is 0 Å². The number of carbonyl (C=O) groups excluding carboxylic acids is 1. The molecule has 1 atom stereocenters. The second-order valence-corrected chi connectivity index (χ2v) is 7.51. The van der Waals surface area contributed by atoms with Gasteiger partial charge in [-0.25, -0.2) is 0 Å². The maximum Gasteiger partial charge on any atom is 0.261 e. The van der Waals surface area contributed by atoms with Crippen molar-refractivity contribution >= 4 is 29.7 Å². The Morgan fingerprint density at radius 1 is 1.19 bits per heavy atom. The summed E-state index contributed by atoms with van der Waals surface area (Å²) >= 11 is 1.51. The minimum absolute atomic E-state index is 0. The lowest BCUT2D eigenvalue weighted by Gasteiger charge is -2.18. The van der Waals surface area contributed by atoms with Crippen molar-refractivity contribution in [3.05, 3.63) is 35.2 Å². The summed E-state index contributed by atoms with van der Waals surface area (Å²) in [4.78, 5) is 14.1. The van der Waals surface area contributed by atoms with Crippen LogP contribution in [0, 0.1) is 5.92 Å². The van der Waals surface area contributed by atoms with E-state index in [1.807, 2.05) is 30.3 Å². The maximum absolute atomic E-state index is 12.3. The normalized spacial score (nSPS) is 18.2. The van der Waals surface area contributed by atoms with E-state index < -0.39 is 0 Å². The van der Waals surface area contributed by atoms with Gasteiger partial charge in [0.05, 0.1) is 4.88 Å². The minimum Gasteiger partial charge on any atom is -0.486 e. The zero-order valence-electron chi connectivity index (χ0n) is 14.5. The van der Waals surface area contributed by atoms with Crippen LogP contribution in [0.15, 0.2) is 30.3 Å². The summed E-state index contributed by atoms with van der Waals surface area (Å²) in [6, 6.07) is 9.80. The molecule has 7 heteroatoms. The van der Waals surface area contributed by atoms with Gasteiger partial charge in [0.1, 0.15) is 13.2 Å². The van der Waals surface area contributed by atoms with Crippen LogP contribution in [0.5, 0.6) is 11.5 Å². The van der Waals surface area contributed by atoms with Gasteiger partial charge in [-0.3, -0.25) is 4.79 Å². The van der Waals surface area contributed by atoms with E-state index in [1.54, 1.807) is 0 Å². The molecule has 2 N–H and O–H groups in total. The van der Waals surface area contributed by atoms with Crippen molar-refractivity contribution in [1.82, 2.24) is 10.6 Å². The number of halogens is 1. The second-order valence-electron chi connectivity index (χ2n) is 6.43. The van der Waals surface area contributed by atoms with Gasteiger partial charge in [0, 0.05) is 11.4 Å². The molecule has 3 heterocycles. The standard InChI is InChI=1S/C19H22N2O3S.ClH/c22-19(21-8-6-13-5-7-20-12-13)18-4-3-17(25-18)14-1-2-15-16(11-14)24-10-9-23-15;/h1-4,11,13,20H,5-10,12H2,(H,21,22);1H. The number of amides is 1. The van der Waals surface area contributed by atoms with Gasteiger partial charge in [-0.15, -0.1) is 23.7 Å². The first-order chi connectivity index (χ1) is 12.3. The Kier molecular flexibility index (Phi) is 6.40. The molecule has 2 aliphatic heterocycles. The fraction of sp³-hybridized carbons (Fsp3) is 0.421. The summed E-state index contributed by atoms with van der Waals surface area (Å²) in [5.74, 6) is 2.26. The third-order valence-corrected chi connectivity index (χ3v) is 5.79. The molecule has 0 spiro atoms. The second kappa shape index (κ2) is 8.75. The molecule has 0 bridgehead atoms. The van der Waals surface area contributed by atoms with E-state index in [9.17, 15) is 4.79 Å². The lowest BCUT2D eigenvalue weighted by molar-refractivity contribution is 0.0955. The number of ether oxygens (including phenoxy) is 2. The largest absolute Gasteiger partial charge is 0.486 e. The topological polar surface area (TPSA) is 59.6 Å². The molecule has 1 unspecified atom stereocenters. The number of fused-ring (bicyclic) bond motifs is 1. The molecule has 1 amide bonds. The van der Waals surface area contributed by atoms with Crippen LogP contribution in [0.1, 0.15) is 22.5 Å². The molecule has 5 nitrogen and oxygen atoms in total. The smallest absolute Gasteiger partial charge is 0.261 e. The van der Waals surface area contributed by atoms with E-state index in [0.29, 0.717) is 19.1 Å². The highest BCUT2D eigenvalue weighted by Crippen LogP contribution is 2.36. The van der Waals surface area contributed by atoms with Crippen LogP contribution in [0.3, 0.4) is 0 Å². The molecule has 2 aromatic rings. The minimum atomic E-state index is 0. The molecule has 2 aliphatic rings. The number of benzene rings is 1. The highest BCUT2D eigenvalue weighted by molar-refractivity contribution is 7.17. The summed E-state index contributed by atoms with van der Waals surface area (Å²) < 4.78 is 11.2. The van der Waals surface area contributed by atoms with Gasteiger partial charge in [-0.1, -0.05) is 0 Å². The average molecular weight is 395 g/mol.